The summed E-state index contributed by atoms with van der Waals surface area (Å²) in [6.07, 6.45) is 5.87. The Labute approximate surface area is 94.0 Å². The molecule has 0 radical (unpaired) electrons. The largest absolute Gasteiger partial charge is 0.378 e. The molecule has 0 aliphatic carbocycles. The molecule has 88 valence electrons. The molecule has 2 saturated heterocycles. The van der Waals surface area contributed by atoms with E-state index in [2.05, 4.69) is 18.7 Å². The lowest BCUT2D eigenvalue weighted by Gasteiger charge is -2.36. The van der Waals surface area contributed by atoms with E-state index in [1.165, 1.54) is 45.3 Å². The summed E-state index contributed by atoms with van der Waals surface area (Å²) < 4.78 is 5.60. The van der Waals surface area contributed by atoms with Gasteiger partial charge in [0, 0.05) is 19.7 Å². The zero-order chi connectivity index (χ0) is 10.7. The third kappa shape index (κ3) is 3.46. The van der Waals surface area contributed by atoms with Crippen molar-refractivity contribution in [3.05, 3.63) is 0 Å². The van der Waals surface area contributed by atoms with Gasteiger partial charge in [0.25, 0.3) is 0 Å². The van der Waals surface area contributed by atoms with Gasteiger partial charge in [-0.2, -0.15) is 0 Å². The van der Waals surface area contributed by atoms with Crippen LogP contribution >= 0.6 is 0 Å². The number of rotatable bonds is 2. The summed E-state index contributed by atoms with van der Waals surface area (Å²) in [5.74, 6) is 1.80. The van der Waals surface area contributed by atoms with E-state index in [0.29, 0.717) is 6.10 Å². The highest BCUT2D eigenvalue weighted by Gasteiger charge is 2.23. The molecule has 2 rings (SSSR count). The van der Waals surface area contributed by atoms with Crippen molar-refractivity contribution in [3.8, 4) is 0 Å². The van der Waals surface area contributed by atoms with Gasteiger partial charge in [-0.25, -0.2) is 0 Å². The third-order valence-corrected chi connectivity index (χ3v) is 3.85. The van der Waals surface area contributed by atoms with Crippen molar-refractivity contribution in [2.24, 2.45) is 11.8 Å². The van der Waals surface area contributed by atoms with Gasteiger partial charge in [0.15, 0.2) is 0 Å². The van der Waals surface area contributed by atoms with E-state index in [4.69, 9.17) is 4.74 Å². The van der Waals surface area contributed by atoms with Crippen LogP contribution in [0.5, 0.6) is 0 Å². The lowest BCUT2D eigenvalue weighted by molar-refractivity contribution is -0.00831. The maximum Gasteiger partial charge on any atom is 0.0550 e. The van der Waals surface area contributed by atoms with Crippen molar-refractivity contribution in [2.45, 2.75) is 45.6 Å². The topological polar surface area (TPSA) is 12.5 Å². The highest BCUT2D eigenvalue weighted by atomic mass is 16.5. The fourth-order valence-corrected chi connectivity index (χ4v) is 3.07. The van der Waals surface area contributed by atoms with Crippen molar-refractivity contribution in [2.75, 3.05) is 26.2 Å². The molecule has 0 aromatic rings. The van der Waals surface area contributed by atoms with Crippen molar-refractivity contribution < 1.29 is 4.74 Å². The molecule has 2 fully saturated rings. The summed E-state index contributed by atoms with van der Waals surface area (Å²) in [6.45, 7) is 9.55. The van der Waals surface area contributed by atoms with Crippen LogP contribution in [0.4, 0.5) is 0 Å². The second-order valence-corrected chi connectivity index (χ2v) is 5.58. The van der Waals surface area contributed by atoms with Crippen LogP contribution in [-0.4, -0.2) is 37.2 Å². The van der Waals surface area contributed by atoms with Crippen LogP contribution in [-0.2, 0) is 4.74 Å². The average Bonchev–Trinajstić information content (AvgIpc) is 2.17. The van der Waals surface area contributed by atoms with Gasteiger partial charge in [-0.15, -0.1) is 0 Å². The van der Waals surface area contributed by atoms with Gasteiger partial charge in [0.05, 0.1) is 6.10 Å². The van der Waals surface area contributed by atoms with Crippen molar-refractivity contribution >= 4 is 0 Å². The fraction of sp³-hybridized carbons (Fsp3) is 1.00. The fourth-order valence-electron chi connectivity index (χ4n) is 3.07. The molecule has 0 saturated carbocycles. The zero-order valence-corrected chi connectivity index (χ0v) is 10.2. The first kappa shape index (κ1) is 11.4. The van der Waals surface area contributed by atoms with E-state index in [1.807, 2.05) is 0 Å². The van der Waals surface area contributed by atoms with Gasteiger partial charge in [-0.3, -0.25) is 0 Å². The Hall–Kier alpha value is -0.0800. The minimum absolute atomic E-state index is 0.492. The monoisotopic (exact) mass is 211 g/mol. The second-order valence-electron chi connectivity index (χ2n) is 5.58. The molecule has 2 aliphatic heterocycles. The molecule has 0 aromatic heterocycles. The van der Waals surface area contributed by atoms with Crippen LogP contribution in [0.25, 0.3) is 0 Å². The summed E-state index contributed by atoms with van der Waals surface area (Å²) >= 11 is 0. The Bertz CT molecular complexity index is 175. The van der Waals surface area contributed by atoms with Gasteiger partial charge in [0.1, 0.15) is 0 Å². The van der Waals surface area contributed by atoms with Gasteiger partial charge in [-0.05, 0) is 51.0 Å². The smallest absolute Gasteiger partial charge is 0.0550 e. The number of likely N-dealkylation sites (tertiary alicyclic amines) is 1. The van der Waals surface area contributed by atoms with Crippen LogP contribution in [0.15, 0.2) is 0 Å². The molecule has 0 bridgehead atoms. The summed E-state index contributed by atoms with van der Waals surface area (Å²) in [4.78, 5) is 2.68. The van der Waals surface area contributed by atoms with Gasteiger partial charge >= 0.3 is 0 Å². The normalized spacial score (nSPS) is 39.2. The Morgan fingerprint density at radius 3 is 2.87 bits per heavy atom. The number of ether oxygens (including phenoxy) is 1. The van der Waals surface area contributed by atoms with Crippen LogP contribution in [0, 0.1) is 11.8 Å². The molecule has 15 heavy (non-hydrogen) atoms. The van der Waals surface area contributed by atoms with Crippen LogP contribution in [0.2, 0.25) is 0 Å². The quantitative estimate of drug-likeness (QED) is 0.696. The minimum Gasteiger partial charge on any atom is -0.378 e. The number of hydrogen-bond acceptors (Lipinski definition) is 2. The lowest BCUT2D eigenvalue weighted by atomic mass is 9.93. The Morgan fingerprint density at radius 1 is 1.27 bits per heavy atom. The van der Waals surface area contributed by atoms with E-state index in [1.54, 1.807) is 0 Å². The van der Waals surface area contributed by atoms with E-state index in [0.717, 1.165) is 18.4 Å². The standard InChI is InChI=1S/C13H25NO/c1-11-4-3-6-14(9-11)10-13-5-7-15-12(2)8-13/h11-13H,3-10H2,1-2H3. The Morgan fingerprint density at radius 2 is 2.13 bits per heavy atom. The van der Waals surface area contributed by atoms with Crippen molar-refractivity contribution in [3.63, 3.8) is 0 Å². The predicted octanol–water partition coefficient (Wildman–Crippen LogP) is 2.53. The first-order valence-corrected chi connectivity index (χ1v) is 6.58. The number of hydrogen-bond donors (Lipinski definition) is 0. The Balaban J connectivity index is 1.75. The summed E-state index contributed by atoms with van der Waals surface area (Å²) in [5, 5.41) is 0. The second kappa shape index (κ2) is 5.31. The zero-order valence-electron chi connectivity index (χ0n) is 10.2. The molecule has 3 atom stereocenters. The van der Waals surface area contributed by atoms with E-state index in [9.17, 15) is 0 Å². The first-order chi connectivity index (χ1) is 7.24. The highest BCUT2D eigenvalue weighted by Crippen LogP contribution is 2.23. The molecular weight excluding hydrogens is 186 g/mol. The highest BCUT2D eigenvalue weighted by molar-refractivity contribution is 4.76. The molecule has 0 spiro atoms. The maximum absolute atomic E-state index is 5.60. The first-order valence-electron chi connectivity index (χ1n) is 6.58. The minimum atomic E-state index is 0.492. The molecular formula is C13H25NO. The molecule has 0 aromatic carbocycles. The van der Waals surface area contributed by atoms with Crippen LogP contribution in [0.3, 0.4) is 0 Å². The Kier molecular flexibility index (Phi) is 4.04. The molecule has 0 N–H and O–H groups in total. The van der Waals surface area contributed by atoms with Crippen LogP contribution < -0.4 is 0 Å². The van der Waals surface area contributed by atoms with Crippen molar-refractivity contribution in [1.29, 1.82) is 0 Å². The summed E-state index contributed by atoms with van der Waals surface area (Å²) in [6, 6.07) is 0. The van der Waals surface area contributed by atoms with Crippen LogP contribution in [0.1, 0.15) is 39.5 Å². The predicted molar refractivity (Wildman–Crippen MR) is 63.0 cm³/mol. The van der Waals surface area contributed by atoms with E-state index < -0.39 is 0 Å². The number of piperidine rings is 1. The van der Waals surface area contributed by atoms with Gasteiger partial charge < -0.3 is 9.64 Å². The average molecular weight is 211 g/mol. The third-order valence-electron chi connectivity index (χ3n) is 3.85. The van der Waals surface area contributed by atoms with Crippen molar-refractivity contribution in [1.82, 2.24) is 4.90 Å². The van der Waals surface area contributed by atoms with E-state index >= 15 is 0 Å². The number of nitrogens with zero attached hydrogens (tertiary/aromatic N) is 1. The van der Waals surface area contributed by atoms with E-state index in [-0.39, 0.29) is 0 Å². The summed E-state index contributed by atoms with van der Waals surface area (Å²) in [5.41, 5.74) is 0. The maximum atomic E-state index is 5.60. The molecule has 3 unspecified atom stereocenters. The lowest BCUT2D eigenvalue weighted by Crippen LogP contribution is -2.39. The molecule has 2 nitrogen and oxygen atoms in total. The van der Waals surface area contributed by atoms with Gasteiger partial charge in [0.2, 0.25) is 0 Å². The molecule has 2 heterocycles. The molecule has 2 aliphatic rings. The molecule has 0 amide bonds. The summed E-state index contributed by atoms with van der Waals surface area (Å²) in [7, 11) is 0. The molecule has 2 heteroatoms. The SMILES string of the molecule is CC1CCCN(CC2CCOC(C)C2)C1. The van der Waals surface area contributed by atoms with Gasteiger partial charge in [-0.1, -0.05) is 6.92 Å².